The molecular weight excluding hydrogens is 174 g/mol. The van der Waals surface area contributed by atoms with E-state index in [1.165, 1.54) is 38.5 Å². The summed E-state index contributed by atoms with van der Waals surface area (Å²) in [5.41, 5.74) is 0.591. The molecule has 0 radical (unpaired) electrons. The Morgan fingerprint density at radius 1 is 1.29 bits per heavy atom. The fourth-order valence-corrected chi connectivity index (χ4v) is 3.10. The second-order valence-electron chi connectivity index (χ2n) is 5.04. The van der Waals surface area contributed by atoms with Crippen LogP contribution in [0.1, 0.15) is 38.5 Å². The van der Waals surface area contributed by atoms with Crippen molar-refractivity contribution in [3.63, 3.8) is 0 Å². The Kier molecular flexibility index (Phi) is 3.45. The second-order valence-corrected chi connectivity index (χ2v) is 5.04. The lowest BCUT2D eigenvalue weighted by atomic mass is 9.69. The monoisotopic (exact) mass is 197 g/mol. The molecule has 2 heteroatoms. The van der Waals surface area contributed by atoms with Crippen LogP contribution in [0.2, 0.25) is 0 Å². The molecule has 0 aromatic carbocycles. The van der Waals surface area contributed by atoms with Crippen LogP contribution in [0.3, 0.4) is 0 Å². The highest BCUT2D eigenvalue weighted by Gasteiger charge is 2.45. The largest absolute Gasteiger partial charge is 0.380 e. The molecule has 1 aliphatic heterocycles. The van der Waals surface area contributed by atoms with E-state index >= 15 is 0 Å². The SMILES string of the molecule is CNCCCC1(C2CCCC2)COC1. The molecule has 2 fully saturated rings. The summed E-state index contributed by atoms with van der Waals surface area (Å²) in [6, 6.07) is 0. The van der Waals surface area contributed by atoms with Gasteiger partial charge in [-0.25, -0.2) is 0 Å². The number of ether oxygens (including phenoxy) is 1. The molecule has 1 saturated carbocycles. The molecule has 0 aromatic heterocycles. The molecular formula is C12H23NO. The third-order valence-corrected chi connectivity index (χ3v) is 4.10. The lowest BCUT2D eigenvalue weighted by Crippen LogP contribution is -2.47. The van der Waals surface area contributed by atoms with Crippen LogP contribution in [0.5, 0.6) is 0 Å². The van der Waals surface area contributed by atoms with Crippen molar-refractivity contribution in [3.05, 3.63) is 0 Å². The predicted octanol–water partition coefficient (Wildman–Crippen LogP) is 2.19. The molecule has 0 amide bonds. The van der Waals surface area contributed by atoms with Gasteiger partial charge in [0.1, 0.15) is 0 Å². The maximum absolute atomic E-state index is 5.46. The second kappa shape index (κ2) is 4.63. The number of hydrogen-bond acceptors (Lipinski definition) is 2. The third kappa shape index (κ3) is 1.96. The van der Waals surface area contributed by atoms with Crippen LogP contribution in [0.15, 0.2) is 0 Å². The normalized spacial score (nSPS) is 26.4. The van der Waals surface area contributed by atoms with Crippen LogP contribution in [0.4, 0.5) is 0 Å². The fraction of sp³-hybridized carbons (Fsp3) is 1.00. The topological polar surface area (TPSA) is 21.3 Å². The Hall–Kier alpha value is -0.0800. The molecule has 2 rings (SSSR count). The number of hydrogen-bond donors (Lipinski definition) is 1. The maximum Gasteiger partial charge on any atom is 0.0547 e. The van der Waals surface area contributed by atoms with Gasteiger partial charge in [-0.3, -0.25) is 0 Å². The highest BCUT2D eigenvalue weighted by Crippen LogP contribution is 2.47. The van der Waals surface area contributed by atoms with E-state index in [0.29, 0.717) is 5.41 Å². The number of rotatable bonds is 5. The van der Waals surface area contributed by atoms with E-state index < -0.39 is 0 Å². The highest BCUT2D eigenvalue weighted by atomic mass is 16.5. The standard InChI is InChI=1S/C12H23NO/c1-13-8-4-7-12(9-14-10-12)11-5-2-3-6-11/h11,13H,2-10H2,1H3. The van der Waals surface area contributed by atoms with Crippen LogP contribution in [0, 0.1) is 11.3 Å². The first-order valence-electron chi connectivity index (χ1n) is 6.10. The van der Waals surface area contributed by atoms with Gasteiger partial charge < -0.3 is 10.1 Å². The molecule has 14 heavy (non-hydrogen) atoms. The highest BCUT2D eigenvalue weighted by molar-refractivity contribution is 4.93. The van der Waals surface area contributed by atoms with E-state index in [9.17, 15) is 0 Å². The van der Waals surface area contributed by atoms with Gasteiger partial charge in [0.15, 0.2) is 0 Å². The molecule has 0 aromatic rings. The van der Waals surface area contributed by atoms with Gasteiger partial charge in [0.25, 0.3) is 0 Å². The Morgan fingerprint density at radius 3 is 2.50 bits per heavy atom. The lowest BCUT2D eigenvalue weighted by molar-refractivity contribution is -0.149. The minimum atomic E-state index is 0.591. The molecule has 2 aliphatic rings. The van der Waals surface area contributed by atoms with Gasteiger partial charge in [0.2, 0.25) is 0 Å². The summed E-state index contributed by atoms with van der Waals surface area (Å²) in [5.74, 6) is 0.980. The van der Waals surface area contributed by atoms with Gasteiger partial charge in [-0.15, -0.1) is 0 Å². The van der Waals surface area contributed by atoms with Crippen LogP contribution in [-0.2, 0) is 4.74 Å². The predicted molar refractivity (Wildman–Crippen MR) is 58.4 cm³/mol. The average Bonchev–Trinajstić information content (AvgIpc) is 2.62. The van der Waals surface area contributed by atoms with Crippen molar-refractivity contribution in [1.82, 2.24) is 5.32 Å². The van der Waals surface area contributed by atoms with E-state index in [4.69, 9.17) is 4.74 Å². The Morgan fingerprint density at radius 2 is 2.00 bits per heavy atom. The summed E-state index contributed by atoms with van der Waals surface area (Å²) in [6.07, 6.45) is 8.53. The van der Waals surface area contributed by atoms with E-state index in [-0.39, 0.29) is 0 Å². The Labute approximate surface area is 87.4 Å². The van der Waals surface area contributed by atoms with E-state index in [2.05, 4.69) is 5.32 Å². The van der Waals surface area contributed by atoms with Crippen molar-refractivity contribution in [2.24, 2.45) is 11.3 Å². The van der Waals surface area contributed by atoms with Crippen LogP contribution < -0.4 is 5.32 Å². The molecule has 0 spiro atoms. The summed E-state index contributed by atoms with van der Waals surface area (Å²) in [4.78, 5) is 0. The van der Waals surface area contributed by atoms with Crippen molar-refractivity contribution in [2.75, 3.05) is 26.8 Å². The van der Waals surface area contributed by atoms with E-state index in [1.807, 2.05) is 7.05 Å². The van der Waals surface area contributed by atoms with Crippen LogP contribution in [-0.4, -0.2) is 26.8 Å². The fourth-order valence-electron chi connectivity index (χ4n) is 3.10. The average molecular weight is 197 g/mol. The zero-order valence-electron chi connectivity index (χ0n) is 9.35. The maximum atomic E-state index is 5.46. The summed E-state index contributed by atoms with van der Waals surface area (Å²) < 4.78 is 5.46. The van der Waals surface area contributed by atoms with E-state index in [1.54, 1.807) is 0 Å². The minimum absolute atomic E-state index is 0.591. The van der Waals surface area contributed by atoms with Gasteiger partial charge in [-0.1, -0.05) is 12.8 Å². The Bertz CT molecular complexity index is 171. The summed E-state index contributed by atoms with van der Waals surface area (Å²) in [5, 5.41) is 3.24. The molecule has 2 nitrogen and oxygen atoms in total. The van der Waals surface area contributed by atoms with Gasteiger partial charge in [-0.2, -0.15) is 0 Å². The first kappa shape index (κ1) is 10.4. The van der Waals surface area contributed by atoms with Crippen molar-refractivity contribution in [2.45, 2.75) is 38.5 Å². The quantitative estimate of drug-likeness (QED) is 0.682. The molecule has 1 heterocycles. The van der Waals surface area contributed by atoms with Crippen LogP contribution in [0.25, 0.3) is 0 Å². The first-order chi connectivity index (χ1) is 6.87. The zero-order valence-corrected chi connectivity index (χ0v) is 9.35. The van der Waals surface area contributed by atoms with E-state index in [0.717, 1.165) is 25.7 Å². The van der Waals surface area contributed by atoms with Gasteiger partial charge >= 0.3 is 0 Å². The summed E-state index contributed by atoms with van der Waals surface area (Å²) in [6.45, 7) is 3.25. The summed E-state index contributed by atoms with van der Waals surface area (Å²) in [7, 11) is 2.04. The minimum Gasteiger partial charge on any atom is -0.380 e. The van der Waals surface area contributed by atoms with Gasteiger partial charge in [0.05, 0.1) is 13.2 Å². The molecule has 1 aliphatic carbocycles. The van der Waals surface area contributed by atoms with Crippen molar-refractivity contribution < 1.29 is 4.74 Å². The molecule has 1 saturated heterocycles. The molecule has 0 unspecified atom stereocenters. The van der Waals surface area contributed by atoms with Crippen molar-refractivity contribution in [1.29, 1.82) is 0 Å². The molecule has 0 bridgehead atoms. The van der Waals surface area contributed by atoms with Crippen LogP contribution >= 0.6 is 0 Å². The van der Waals surface area contributed by atoms with Crippen molar-refractivity contribution in [3.8, 4) is 0 Å². The number of nitrogens with one attached hydrogen (secondary N) is 1. The van der Waals surface area contributed by atoms with Crippen molar-refractivity contribution >= 4 is 0 Å². The molecule has 82 valence electrons. The Balaban J connectivity index is 1.82. The first-order valence-corrected chi connectivity index (χ1v) is 6.10. The molecule has 1 N–H and O–H groups in total. The lowest BCUT2D eigenvalue weighted by Gasteiger charge is -2.46. The smallest absolute Gasteiger partial charge is 0.0547 e. The zero-order chi connectivity index (χ0) is 9.86. The third-order valence-electron chi connectivity index (χ3n) is 4.10. The summed E-state index contributed by atoms with van der Waals surface area (Å²) >= 11 is 0. The molecule has 0 atom stereocenters. The van der Waals surface area contributed by atoms with Gasteiger partial charge in [0, 0.05) is 5.41 Å². The van der Waals surface area contributed by atoms with Gasteiger partial charge in [-0.05, 0) is 45.2 Å².